The summed E-state index contributed by atoms with van der Waals surface area (Å²) in [6, 6.07) is 0. The number of hydrogen-bond acceptors (Lipinski definition) is 1. The Morgan fingerprint density at radius 3 is 2.71 bits per heavy atom. The topological polar surface area (TPSA) is 9.23 Å². The van der Waals surface area contributed by atoms with Gasteiger partial charge < -0.3 is 4.74 Å². The number of halogens is 1. The zero-order valence-electron chi connectivity index (χ0n) is 3.78. The summed E-state index contributed by atoms with van der Waals surface area (Å²) >= 11 is 4.99. The molecule has 0 aromatic rings. The van der Waals surface area contributed by atoms with Crippen molar-refractivity contribution < 1.29 is 4.74 Å². The van der Waals surface area contributed by atoms with E-state index >= 15 is 0 Å². The van der Waals surface area contributed by atoms with Crippen LogP contribution < -0.4 is 0 Å². The zero-order chi connectivity index (χ0) is 5.11. The maximum Gasteiger partial charge on any atom is 0.128 e. The van der Waals surface area contributed by atoms with Gasteiger partial charge in [-0.15, -0.1) is 0 Å². The largest absolute Gasteiger partial charge is 0.442 e. The van der Waals surface area contributed by atoms with E-state index in [2.05, 4.69) is 11.5 Å². The van der Waals surface area contributed by atoms with Crippen LogP contribution in [0, 0.1) is 11.5 Å². The van der Waals surface area contributed by atoms with Crippen LogP contribution in [0.4, 0.5) is 0 Å². The van der Waals surface area contributed by atoms with Crippen LogP contribution in [-0.2, 0) is 4.74 Å². The molecule has 0 heterocycles. The highest BCUT2D eigenvalue weighted by molar-refractivity contribution is 6.30. The molecule has 1 nitrogen and oxygen atoms in total. The number of rotatable bonds is 1. The minimum absolute atomic E-state index is 0.395. The molecule has 0 amide bonds. The molecule has 0 spiro atoms. The number of hydrogen-bond donors (Lipinski definition) is 0. The van der Waals surface area contributed by atoms with Crippen molar-refractivity contribution in [2.45, 2.75) is 18.9 Å². The molecule has 2 heteroatoms. The summed E-state index contributed by atoms with van der Waals surface area (Å²) in [5.74, 6) is 0. The van der Waals surface area contributed by atoms with Crippen molar-refractivity contribution in [3.8, 4) is 11.5 Å². The fourth-order valence-corrected chi connectivity index (χ4v) is 0.336. The van der Waals surface area contributed by atoms with Crippen LogP contribution in [0.5, 0.6) is 0 Å². The van der Waals surface area contributed by atoms with E-state index < -0.39 is 0 Å². The van der Waals surface area contributed by atoms with E-state index in [0.717, 1.165) is 12.8 Å². The first-order valence-corrected chi connectivity index (χ1v) is 2.57. The molecular formula is C5H5ClO. The van der Waals surface area contributed by atoms with Crippen molar-refractivity contribution >= 4 is 11.6 Å². The molecule has 38 valence electrons. The molecule has 0 unspecified atom stereocenters. The Balaban J connectivity index is 2.05. The lowest BCUT2D eigenvalue weighted by Crippen LogP contribution is -1.80. The molecule has 7 heavy (non-hydrogen) atoms. The third-order valence-electron chi connectivity index (χ3n) is 0.789. The van der Waals surface area contributed by atoms with E-state index in [-0.39, 0.29) is 0 Å². The van der Waals surface area contributed by atoms with Gasteiger partial charge in [-0.1, -0.05) is 0 Å². The van der Waals surface area contributed by atoms with Crippen molar-refractivity contribution in [2.75, 3.05) is 0 Å². The van der Waals surface area contributed by atoms with Crippen molar-refractivity contribution in [1.29, 1.82) is 0 Å². The van der Waals surface area contributed by atoms with Gasteiger partial charge in [-0.05, 0) is 24.4 Å². The standard InChI is InChI=1S/C5H5ClO/c6-3-4-7-5-1-2-5/h5H,1-2H2. The summed E-state index contributed by atoms with van der Waals surface area (Å²) in [7, 11) is 0. The molecule has 1 aliphatic rings. The first-order chi connectivity index (χ1) is 3.43. The summed E-state index contributed by atoms with van der Waals surface area (Å²) in [6.45, 7) is 0. The average Bonchev–Trinajstić information content (AvgIpc) is 2.42. The summed E-state index contributed by atoms with van der Waals surface area (Å²) in [5, 5.41) is 2.14. The second kappa shape index (κ2) is 2.09. The molecule has 1 saturated carbocycles. The predicted octanol–water partition coefficient (Wildman–Crippen LogP) is 1.32. The van der Waals surface area contributed by atoms with E-state index in [9.17, 15) is 0 Å². The predicted molar refractivity (Wildman–Crippen MR) is 27.7 cm³/mol. The van der Waals surface area contributed by atoms with Gasteiger partial charge in [0.2, 0.25) is 0 Å². The SMILES string of the molecule is ClC#COC1CC1. The van der Waals surface area contributed by atoms with Crippen LogP contribution in [-0.4, -0.2) is 6.10 Å². The van der Waals surface area contributed by atoms with Crippen LogP contribution >= 0.6 is 11.6 Å². The van der Waals surface area contributed by atoms with Gasteiger partial charge in [0.15, 0.2) is 0 Å². The van der Waals surface area contributed by atoms with Crippen LogP contribution in [0.1, 0.15) is 12.8 Å². The first kappa shape index (κ1) is 4.80. The maximum absolute atomic E-state index is 4.99. The molecule has 0 N–H and O–H groups in total. The summed E-state index contributed by atoms with van der Waals surface area (Å²) in [4.78, 5) is 0. The molecule has 0 atom stereocenters. The quantitative estimate of drug-likeness (QED) is 0.470. The van der Waals surface area contributed by atoms with Crippen molar-refractivity contribution in [3.63, 3.8) is 0 Å². The Kier molecular flexibility index (Phi) is 1.43. The van der Waals surface area contributed by atoms with Crippen LogP contribution in [0.3, 0.4) is 0 Å². The number of ether oxygens (including phenoxy) is 1. The zero-order valence-corrected chi connectivity index (χ0v) is 4.53. The Morgan fingerprint density at radius 1 is 1.57 bits per heavy atom. The van der Waals surface area contributed by atoms with Gasteiger partial charge in [0.25, 0.3) is 0 Å². The average molecular weight is 117 g/mol. The molecule has 0 bridgehead atoms. The van der Waals surface area contributed by atoms with Gasteiger partial charge in [0.05, 0.1) is 0 Å². The van der Waals surface area contributed by atoms with Crippen molar-refractivity contribution in [2.24, 2.45) is 0 Å². The minimum Gasteiger partial charge on any atom is -0.442 e. The molecule has 0 aromatic carbocycles. The Hall–Kier alpha value is -0.350. The lowest BCUT2D eigenvalue weighted by Gasteiger charge is -1.83. The van der Waals surface area contributed by atoms with Gasteiger partial charge in [0, 0.05) is 5.38 Å². The van der Waals surface area contributed by atoms with E-state index in [4.69, 9.17) is 16.3 Å². The fraction of sp³-hybridized carbons (Fsp3) is 0.600. The smallest absolute Gasteiger partial charge is 0.128 e. The van der Waals surface area contributed by atoms with Gasteiger partial charge in [-0.25, -0.2) is 0 Å². The molecule has 1 fully saturated rings. The van der Waals surface area contributed by atoms with Crippen LogP contribution in [0.2, 0.25) is 0 Å². The molecule has 1 aliphatic carbocycles. The van der Waals surface area contributed by atoms with Crippen molar-refractivity contribution in [1.82, 2.24) is 0 Å². The molecule has 0 aromatic heterocycles. The minimum atomic E-state index is 0.395. The van der Waals surface area contributed by atoms with E-state index in [1.807, 2.05) is 0 Å². The highest BCUT2D eigenvalue weighted by Gasteiger charge is 2.22. The molecular weight excluding hydrogens is 112 g/mol. The monoisotopic (exact) mass is 116 g/mol. The highest BCUT2D eigenvalue weighted by atomic mass is 35.5. The van der Waals surface area contributed by atoms with E-state index in [1.165, 1.54) is 0 Å². The third-order valence-corrected chi connectivity index (χ3v) is 0.866. The molecule has 0 saturated heterocycles. The lowest BCUT2D eigenvalue weighted by molar-refractivity contribution is 0.262. The van der Waals surface area contributed by atoms with Crippen LogP contribution in [0.25, 0.3) is 0 Å². The lowest BCUT2D eigenvalue weighted by atomic mass is 10.8. The Labute approximate surface area is 47.6 Å². The molecule has 0 aliphatic heterocycles. The van der Waals surface area contributed by atoms with Gasteiger partial charge in [-0.2, -0.15) is 0 Å². The third kappa shape index (κ3) is 1.70. The fourth-order valence-electron chi connectivity index (χ4n) is 0.291. The summed E-state index contributed by atoms with van der Waals surface area (Å²) < 4.78 is 4.81. The second-order valence-corrected chi connectivity index (χ2v) is 1.70. The normalized spacial score (nSPS) is 17.3. The van der Waals surface area contributed by atoms with E-state index in [1.54, 1.807) is 0 Å². The molecule has 0 radical (unpaired) electrons. The summed E-state index contributed by atoms with van der Waals surface area (Å²) in [6.07, 6.45) is 5.01. The van der Waals surface area contributed by atoms with Gasteiger partial charge in [-0.3, -0.25) is 0 Å². The Morgan fingerprint density at radius 2 is 2.29 bits per heavy atom. The highest BCUT2D eigenvalue weighted by Crippen LogP contribution is 2.22. The maximum atomic E-state index is 4.99. The van der Waals surface area contributed by atoms with Crippen LogP contribution in [0.15, 0.2) is 0 Å². The van der Waals surface area contributed by atoms with Crippen molar-refractivity contribution in [3.05, 3.63) is 0 Å². The molecule has 1 rings (SSSR count). The van der Waals surface area contributed by atoms with Gasteiger partial charge >= 0.3 is 0 Å². The Bertz CT molecular complexity index is 107. The van der Waals surface area contributed by atoms with E-state index in [0.29, 0.717) is 6.10 Å². The first-order valence-electron chi connectivity index (χ1n) is 2.20. The second-order valence-electron chi connectivity index (χ2n) is 1.51. The van der Waals surface area contributed by atoms with Gasteiger partial charge in [0.1, 0.15) is 12.2 Å². The summed E-state index contributed by atoms with van der Waals surface area (Å²) in [5.41, 5.74) is 0.